The van der Waals surface area contributed by atoms with Gasteiger partial charge >= 0.3 is 0 Å². The van der Waals surface area contributed by atoms with Crippen LogP contribution < -0.4 is 16.0 Å². The van der Waals surface area contributed by atoms with Crippen molar-refractivity contribution in [1.29, 1.82) is 0 Å². The first-order chi connectivity index (χ1) is 5.81. The van der Waals surface area contributed by atoms with Gasteiger partial charge in [-0.05, 0) is 13.0 Å². The highest BCUT2D eigenvalue weighted by atomic mass is 15.1. The van der Waals surface area contributed by atoms with Crippen LogP contribution in [-0.2, 0) is 0 Å². The molecule has 0 aliphatic carbocycles. The second-order valence-electron chi connectivity index (χ2n) is 2.33. The molecule has 3 heteroatoms. The van der Waals surface area contributed by atoms with E-state index in [4.69, 9.17) is 0 Å². The molecule has 1 aromatic rings. The molecule has 12 heavy (non-hydrogen) atoms. The molecule has 0 spiro atoms. The molecule has 0 bridgehead atoms. The summed E-state index contributed by atoms with van der Waals surface area (Å²) in [6.07, 6.45) is 5.58. The van der Waals surface area contributed by atoms with Crippen molar-refractivity contribution >= 4 is 18.1 Å². The van der Waals surface area contributed by atoms with Gasteiger partial charge in [0.05, 0.1) is 10.7 Å². The van der Waals surface area contributed by atoms with Crippen molar-refractivity contribution in [3.05, 3.63) is 23.4 Å². The Bertz CT molecular complexity index is 373. The number of aromatic nitrogens is 2. The largest absolute Gasteiger partial charge is 0.359 e. The fourth-order valence-electron chi connectivity index (χ4n) is 0.984. The maximum Gasteiger partial charge on any atom is 0.200 e. The molecule has 0 unspecified atom stereocenters. The van der Waals surface area contributed by atoms with Crippen molar-refractivity contribution in [2.75, 3.05) is 12.4 Å². The van der Waals surface area contributed by atoms with Gasteiger partial charge < -0.3 is 10.3 Å². The zero-order valence-electron chi connectivity index (χ0n) is 7.39. The summed E-state index contributed by atoms with van der Waals surface area (Å²) < 4.78 is 0. The van der Waals surface area contributed by atoms with Crippen LogP contribution in [0.4, 0.5) is 5.95 Å². The van der Waals surface area contributed by atoms with Crippen LogP contribution in [0.3, 0.4) is 0 Å². The summed E-state index contributed by atoms with van der Waals surface area (Å²) in [4.78, 5) is 7.37. The Balaban J connectivity index is 3.37. The Morgan fingerprint density at radius 2 is 2.33 bits per heavy atom. The fourth-order valence-corrected chi connectivity index (χ4v) is 0.984. The van der Waals surface area contributed by atoms with Crippen LogP contribution in [0.25, 0.3) is 12.2 Å². The van der Waals surface area contributed by atoms with Gasteiger partial charge in [0.25, 0.3) is 0 Å². The summed E-state index contributed by atoms with van der Waals surface area (Å²) >= 11 is 0. The highest BCUT2D eigenvalue weighted by Crippen LogP contribution is 1.83. The molecule has 0 amide bonds. The predicted octanol–water partition coefficient (Wildman–Crippen LogP) is 0.218. The van der Waals surface area contributed by atoms with E-state index in [1.54, 1.807) is 6.08 Å². The monoisotopic (exact) mass is 163 g/mol. The van der Waals surface area contributed by atoms with E-state index in [1.807, 2.05) is 26.1 Å². The Kier molecular flexibility index (Phi) is 2.69. The number of nitrogens with zero attached hydrogens (tertiary/aromatic N) is 1. The van der Waals surface area contributed by atoms with Gasteiger partial charge in [0.15, 0.2) is 0 Å². The fraction of sp³-hybridized carbons (Fsp3) is 0.222. The zero-order chi connectivity index (χ0) is 8.97. The average molecular weight is 163 g/mol. The molecule has 0 radical (unpaired) electrons. The Labute approximate surface area is 71.5 Å². The van der Waals surface area contributed by atoms with E-state index in [1.165, 1.54) is 0 Å². The lowest BCUT2D eigenvalue weighted by atomic mass is 10.4. The van der Waals surface area contributed by atoms with Crippen molar-refractivity contribution in [3.8, 4) is 0 Å². The quantitative estimate of drug-likeness (QED) is 0.654. The molecule has 0 aromatic carbocycles. The van der Waals surface area contributed by atoms with E-state index in [0.29, 0.717) is 0 Å². The van der Waals surface area contributed by atoms with Crippen molar-refractivity contribution in [2.45, 2.75) is 6.92 Å². The predicted molar refractivity (Wildman–Crippen MR) is 52.2 cm³/mol. The third kappa shape index (κ3) is 1.56. The lowest BCUT2D eigenvalue weighted by molar-refractivity contribution is 1.24. The summed E-state index contributed by atoms with van der Waals surface area (Å²) in [6, 6.07) is 0. The molecule has 0 fully saturated rings. The van der Waals surface area contributed by atoms with E-state index in [-0.39, 0.29) is 0 Å². The summed E-state index contributed by atoms with van der Waals surface area (Å²) in [5.74, 6) is 0.774. The number of rotatable bonds is 2. The van der Waals surface area contributed by atoms with Gasteiger partial charge in [0.2, 0.25) is 5.95 Å². The van der Waals surface area contributed by atoms with Crippen molar-refractivity contribution in [3.63, 3.8) is 0 Å². The van der Waals surface area contributed by atoms with Crippen molar-refractivity contribution < 1.29 is 0 Å². The van der Waals surface area contributed by atoms with E-state index in [2.05, 4.69) is 21.9 Å². The van der Waals surface area contributed by atoms with Gasteiger partial charge in [-0.2, -0.15) is 0 Å². The molecular weight excluding hydrogens is 150 g/mol. The number of hydrogen-bond donors (Lipinski definition) is 2. The van der Waals surface area contributed by atoms with Crippen LogP contribution in [0, 0.1) is 0 Å². The molecule has 0 atom stereocenters. The van der Waals surface area contributed by atoms with Crippen LogP contribution in [0.2, 0.25) is 0 Å². The molecule has 1 rings (SSSR count). The number of hydrogen-bond acceptors (Lipinski definition) is 2. The molecule has 0 aliphatic heterocycles. The summed E-state index contributed by atoms with van der Waals surface area (Å²) in [7, 11) is 1.83. The third-order valence-electron chi connectivity index (χ3n) is 1.56. The molecule has 1 aromatic heterocycles. The van der Waals surface area contributed by atoms with Gasteiger partial charge in [0.1, 0.15) is 0 Å². The standard InChI is InChI=1S/C9H13N3/c1-4-6-8-7(5-2)11-9(10-3)12-8/h4-6H,1H2,2-3H3,(H2,10,11,12)/b7-5+,8-6+. The van der Waals surface area contributed by atoms with Crippen molar-refractivity contribution in [1.82, 2.24) is 9.97 Å². The minimum atomic E-state index is 0.774. The SMILES string of the molecule is C=C/C=c1/[nH]c(NC)n/c1=C/C. The molecule has 64 valence electrons. The highest BCUT2D eigenvalue weighted by molar-refractivity contribution is 5.37. The number of imidazole rings is 1. The van der Waals surface area contributed by atoms with Crippen LogP contribution >= 0.6 is 0 Å². The van der Waals surface area contributed by atoms with Crippen LogP contribution in [0.15, 0.2) is 12.7 Å². The topological polar surface area (TPSA) is 40.7 Å². The van der Waals surface area contributed by atoms with E-state index in [9.17, 15) is 0 Å². The van der Waals surface area contributed by atoms with E-state index >= 15 is 0 Å². The lowest BCUT2D eigenvalue weighted by Crippen LogP contribution is -2.23. The summed E-state index contributed by atoms with van der Waals surface area (Å²) in [6.45, 7) is 5.58. The lowest BCUT2D eigenvalue weighted by Gasteiger charge is -1.86. The van der Waals surface area contributed by atoms with Crippen LogP contribution in [0.1, 0.15) is 6.92 Å². The number of allylic oxidation sites excluding steroid dienone is 1. The number of aromatic amines is 1. The molecule has 0 saturated carbocycles. The number of nitrogens with one attached hydrogen (secondary N) is 2. The van der Waals surface area contributed by atoms with E-state index < -0.39 is 0 Å². The van der Waals surface area contributed by atoms with E-state index in [0.717, 1.165) is 16.6 Å². The molecule has 3 nitrogen and oxygen atoms in total. The Morgan fingerprint density at radius 1 is 1.58 bits per heavy atom. The Morgan fingerprint density at radius 3 is 2.83 bits per heavy atom. The number of H-pyrrole nitrogens is 1. The van der Waals surface area contributed by atoms with Gasteiger partial charge in [-0.1, -0.05) is 18.7 Å². The smallest absolute Gasteiger partial charge is 0.200 e. The first-order valence-electron chi connectivity index (χ1n) is 3.84. The van der Waals surface area contributed by atoms with Crippen molar-refractivity contribution in [2.24, 2.45) is 0 Å². The first kappa shape index (κ1) is 8.59. The van der Waals surface area contributed by atoms with Gasteiger partial charge in [-0.3, -0.25) is 0 Å². The molecular formula is C9H13N3. The minimum absolute atomic E-state index is 0.774. The maximum atomic E-state index is 4.26. The average Bonchev–Trinajstić information content (AvgIpc) is 2.48. The van der Waals surface area contributed by atoms with Gasteiger partial charge in [-0.15, -0.1) is 0 Å². The molecule has 1 heterocycles. The van der Waals surface area contributed by atoms with Gasteiger partial charge in [0, 0.05) is 7.05 Å². The minimum Gasteiger partial charge on any atom is -0.359 e. The second-order valence-corrected chi connectivity index (χ2v) is 2.33. The summed E-state index contributed by atoms with van der Waals surface area (Å²) in [5.41, 5.74) is 0. The third-order valence-corrected chi connectivity index (χ3v) is 1.56. The maximum absolute atomic E-state index is 4.26. The summed E-state index contributed by atoms with van der Waals surface area (Å²) in [5, 5.41) is 4.87. The Hall–Kier alpha value is -1.51. The number of anilines is 1. The molecule has 2 N–H and O–H groups in total. The highest BCUT2D eigenvalue weighted by Gasteiger charge is 1.92. The van der Waals surface area contributed by atoms with Gasteiger partial charge in [-0.25, -0.2) is 4.98 Å². The van der Waals surface area contributed by atoms with Crippen LogP contribution in [-0.4, -0.2) is 17.0 Å². The van der Waals surface area contributed by atoms with Crippen LogP contribution in [0.5, 0.6) is 0 Å². The first-order valence-corrected chi connectivity index (χ1v) is 3.84. The molecule has 0 aliphatic rings. The normalized spacial score (nSPS) is 13.5. The second kappa shape index (κ2) is 3.76. The molecule has 0 saturated heterocycles. The zero-order valence-corrected chi connectivity index (χ0v) is 7.39.